The Morgan fingerprint density at radius 1 is 1.08 bits per heavy atom. The molecular formula is C21H26N4O. The van der Waals surface area contributed by atoms with Crippen LogP contribution in [0.1, 0.15) is 37.9 Å². The molecule has 26 heavy (non-hydrogen) atoms. The molecule has 1 amide bonds. The summed E-state index contributed by atoms with van der Waals surface area (Å²) >= 11 is 0. The van der Waals surface area contributed by atoms with Crippen molar-refractivity contribution in [2.45, 2.75) is 39.7 Å². The van der Waals surface area contributed by atoms with Crippen molar-refractivity contribution in [3.8, 4) is 11.4 Å². The number of carbonyl (C=O) groups is 1. The molecule has 1 saturated heterocycles. The lowest BCUT2D eigenvalue weighted by molar-refractivity contribution is -0.129. The van der Waals surface area contributed by atoms with Gasteiger partial charge in [0.05, 0.1) is 12.2 Å². The second kappa shape index (κ2) is 7.06. The lowest BCUT2D eigenvalue weighted by Gasteiger charge is -2.36. The molecule has 1 fully saturated rings. The van der Waals surface area contributed by atoms with Gasteiger partial charge in [-0.05, 0) is 18.8 Å². The lowest BCUT2D eigenvalue weighted by Crippen LogP contribution is -2.39. The van der Waals surface area contributed by atoms with E-state index in [4.69, 9.17) is 9.97 Å². The van der Waals surface area contributed by atoms with E-state index in [0.29, 0.717) is 6.54 Å². The minimum absolute atomic E-state index is 0.126. The molecule has 0 N–H and O–H groups in total. The number of rotatable bonds is 2. The Morgan fingerprint density at radius 3 is 2.50 bits per heavy atom. The first kappa shape index (κ1) is 17.0. The lowest BCUT2D eigenvalue weighted by atomic mass is 9.98. The Balaban J connectivity index is 1.77. The third kappa shape index (κ3) is 3.30. The van der Waals surface area contributed by atoms with Gasteiger partial charge in [0.1, 0.15) is 5.82 Å². The van der Waals surface area contributed by atoms with Crippen molar-refractivity contribution in [3.05, 3.63) is 41.6 Å². The molecule has 1 aromatic carbocycles. The minimum atomic E-state index is 0.126. The highest BCUT2D eigenvalue weighted by Crippen LogP contribution is 2.32. The predicted octanol–water partition coefficient (Wildman–Crippen LogP) is 3.28. The van der Waals surface area contributed by atoms with Crippen molar-refractivity contribution in [2.75, 3.05) is 24.5 Å². The highest BCUT2D eigenvalue weighted by molar-refractivity contribution is 5.74. The zero-order chi connectivity index (χ0) is 18.1. The van der Waals surface area contributed by atoms with Gasteiger partial charge >= 0.3 is 0 Å². The van der Waals surface area contributed by atoms with E-state index in [1.165, 1.54) is 12.8 Å². The molecule has 0 atom stereocenters. The molecule has 1 aromatic heterocycles. The third-order valence-corrected chi connectivity index (χ3v) is 5.60. The van der Waals surface area contributed by atoms with Crippen LogP contribution in [-0.2, 0) is 17.8 Å². The molecular weight excluding hydrogens is 324 g/mol. The van der Waals surface area contributed by atoms with Crippen LogP contribution in [-0.4, -0.2) is 40.4 Å². The molecule has 0 saturated carbocycles. The van der Waals surface area contributed by atoms with Gasteiger partial charge in [0, 0.05) is 44.1 Å². The molecule has 136 valence electrons. The molecule has 0 aliphatic carbocycles. The summed E-state index contributed by atoms with van der Waals surface area (Å²) in [5, 5.41) is 0. The molecule has 0 radical (unpaired) electrons. The number of aromatic nitrogens is 2. The van der Waals surface area contributed by atoms with Crippen molar-refractivity contribution in [3.63, 3.8) is 0 Å². The molecule has 5 heteroatoms. The van der Waals surface area contributed by atoms with Gasteiger partial charge in [-0.25, -0.2) is 9.97 Å². The van der Waals surface area contributed by atoms with Crippen molar-refractivity contribution < 1.29 is 4.79 Å². The fourth-order valence-corrected chi connectivity index (χ4v) is 3.86. The highest BCUT2D eigenvalue weighted by atomic mass is 16.2. The number of hydrogen-bond acceptors (Lipinski definition) is 4. The molecule has 4 rings (SSSR count). The van der Waals surface area contributed by atoms with Gasteiger partial charge in [-0.1, -0.05) is 37.3 Å². The highest BCUT2D eigenvalue weighted by Gasteiger charge is 2.28. The van der Waals surface area contributed by atoms with Crippen LogP contribution >= 0.6 is 0 Å². The Kier molecular flexibility index (Phi) is 4.62. The third-order valence-electron chi connectivity index (χ3n) is 5.60. The number of nitrogens with zero attached hydrogens (tertiary/aromatic N) is 4. The van der Waals surface area contributed by atoms with Gasteiger partial charge < -0.3 is 9.80 Å². The van der Waals surface area contributed by atoms with Gasteiger partial charge in [0.25, 0.3) is 0 Å². The number of carbonyl (C=O) groups excluding carboxylic acids is 1. The normalized spacial score (nSPS) is 17.9. The van der Waals surface area contributed by atoms with Crippen LogP contribution in [0.3, 0.4) is 0 Å². The second-order valence-electron chi connectivity index (χ2n) is 7.52. The summed E-state index contributed by atoms with van der Waals surface area (Å²) in [6.07, 6.45) is 3.18. The Hall–Kier alpha value is -2.43. The van der Waals surface area contributed by atoms with E-state index in [1.807, 2.05) is 23.1 Å². The summed E-state index contributed by atoms with van der Waals surface area (Å²) < 4.78 is 0. The molecule has 0 unspecified atom stereocenters. The van der Waals surface area contributed by atoms with Gasteiger partial charge in [0.15, 0.2) is 5.82 Å². The zero-order valence-electron chi connectivity index (χ0n) is 15.6. The van der Waals surface area contributed by atoms with Gasteiger partial charge in [-0.2, -0.15) is 0 Å². The number of fused-ring (bicyclic) bond motifs is 1. The first-order valence-corrected chi connectivity index (χ1v) is 9.57. The fraction of sp³-hybridized carbons (Fsp3) is 0.476. The van der Waals surface area contributed by atoms with Crippen LogP contribution in [0.25, 0.3) is 11.4 Å². The monoisotopic (exact) mass is 350 g/mol. The maximum Gasteiger partial charge on any atom is 0.219 e. The topological polar surface area (TPSA) is 49.3 Å². The molecule has 5 nitrogen and oxygen atoms in total. The first-order valence-electron chi connectivity index (χ1n) is 9.57. The number of piperidine rings is 1. The quantitative estimate of drug-likeness (QED) is 0.834. The second-order valence-corrected chi connectivity index (χ2v) is 7.52. The molecule has 3 heterocycles. The van der Waals surface area contributed by atoms with E-state index in [1.54, 1.807) is 6.92 Å². The van der Waals surface area contributed by atoms with Gasteiger partial charge in [-0.3, -0.25) is 4.79 Å². The summed E-state index contributed by atoms with van der Waals surface area (Å²) in [6, 6.07) is 10.2. The summed E-state index contributed by atoms with van der Waals surface area (Å²) in [6.45, 7) is 7.38. The molecule has 2 aliphatic heterocycles. The largest absolute Gasteiger partial charge is 0.356 e. The standard InChI is InChI=1S/C21H26N4O/c1-15-8-11-24(12-9-15)21-18-14-25(16(2)26)13-10-19(18)22-20(23-21)17-6-4-3-5-7-17/h3-7,15H,8-14H2,1-2H3. The number of benzene rings is 1. The van der Waals surface area contributed by atoms with E-state index in [2.05, 4.69) is 24.0 Å². The van der Waals surface area contributed by atoms with Crippen LogP contribution < -0.4 is 4.90 Å². The minimum Gasteiger partial charge on any atom is -0.356 e. The van der Waals surface area contributed by atoms with E-state index >= 15 is 0 Å². The summed E-state index contributed by atoms with van der Waals surface area (Å²) in [5.74, 6) is 2.73. The van der Waals surface area contributed by atoms with Crippen LogP contribution in [0.15, 0.2) is 30.3 Å². The van der Waals surface area contributed by atoms with Crippen molar-refractivity contribution in [1.82, 2.24) is 14.9 Å². The molecule has 2 aliphatic rings. The van der Waals surface area contributed by atoms with E-state index in [-0.39, 0.29) is 5.91 Å². The number of hydrogen-bond donors (Lipinski definition) is 0. The fourth-order valence-electron chi connectivity index (χ4n) is 3.86. The maximum absolute atomic E-state index is 11.9. The van der Waals surface area contributed by atoms with E-state index in [0.717, 1.165) is 60.4 Å². The summed E-state index contributed by atoms with van der Waals surface area (Å²) in [7, 11) is 0. The Bertz CT molecular complexity index is 797. The molecule has 0 bridgehead atoms. The SMILES string of the molecule is CC(=O)N1CCc2nc(-c3ccccc3)nc(N3CCC(C)CC3)c2C1. The van der Waals surface area contributed by atoms with Gasteiger partial charge in [-0.15, -0.1) is 0 Å². The van der Waals surface area contributed by atoms with Crippen molar-refractivity contribution >= 4 is 11.7 Å². The van der Waals surface area contributed by atoms with Crippen LogP contribution in [0.4, 0.5) is 5.82 Å². The Labute approximate surface area is 155 Å². The van der Waals surface area contributed by atoms with Crippen LogP contribution in [0, 0.1) is 5.92 Å². The average molecular weight is 350 g/mol. The maximum atomic E-state index is 11.9. The van der Waals surface area contributed by atoms with E-state index in [9.17, 15) is 4.79 Å². The number of anilines is 1. The first-order chi connectivity index (χ1) is 12.6. The van der Waals surface area contributed by atoms with Crippen LogP contribution in [0.2, 0.25) is 0 Å². The van der Waals surface area contributed by atoms with E-state index < -0.39 is 0 Å². The van der Waals surface area contributed by atoms with Crippen molar-refractivity contribution in [2.24, 2.45) is 5.92 Å². The Morgan fingerprint density at radius 2 is 1.81 bits per heavy atom. The molecule has 0 spiro atoms. The summed E-state index contributed by atoms with van der Waals surface area (Å²) in [4.78, 5) is 26.1. The average Bonchev–Trinajstić information content (AvgIpc) is 2.68. The zero-order valence-corrected chi connectivity index (χ0v) is 15.6. The summed E-state index contributed by atoms with van der Waals surface area (Å²) in [5.41, 5.74) is 3.29. The predicted molar refractivity (Wildman–Crippen MR) is 103 cm³/mol. The molecule has 2 aromatic rings. The van der Waals surface area contributed by atoms with Gasteiger partial charge in [0.2, 0.25) is 5.91 Å². The number of amides is 1. The van der Waals surface area contributed by atoms with Crippen molar-refractivity contribution in [1.29, 1.82) is 0 Å². The smallest absolute Gasteiger partial charge is 0.219 e. The van der Waals surface area contributed by atoms with Crippen LogP contribution in [0.5, 0.6) is 0 Å².